The zero-order valence-corrected chi connectivity index (χ0v) is 12.9. The quantitative estimate of drug-likeness (QED) is 0.786. The Morgan fingerprint density at radius 1 is 0.955 bits per heavy atom. The van der Waals surface area contributed by atoms with Gasteiger partial charge < -0.3 is 0 Å². The fourth-order valence-corrected chi connectivity index (χ4v) is 5.80. The Morgan fingerprint density at radius 2 is 1.55 bits per heavy atom. The molecule has 0 unspecified atom stereocenters. The van der Waals surface area contributed by atoms with Gasteiger partial charge in [0.1, 0.15) is 0 Å². The van der Waals surface area contributed by atoms with Gasteiger partial charge in [0.15, 0.2) is 0 Å². The molecule has 1 aliphatic heterocycles. The van der Waals surface area contributed by atoms with Crippen molar-refractivity contribution in [2.24, 2.45) is 35.5 Å². The minimum atomic E-state index is -0.0140. The maximum absolute atomic E-state index is 13.1. The first-order valence-electron chi connectivity index (χ1n) is 8.68. The average molecular weight is 295 g/mol. The van der Waals surface area contributed by atoms with Crippen molar-refractivity contribution >= 4 is 17.5 Å². The van der Waals surface area contributed by atoms with Crippen molar-refractivity contribution in [3.8, 4) is 0 Å². The van der Waals surface area contributed by atoms with E-state index in [9.17, 15) is 9.59 Å². The van der Waals surface area contributed by atoms with E-state index in [2.05, 4.69) is 6.92 Å². The van der Waals surface area contributed by atoms with Crippen LogP contribution in [0.15, 0.2) is 24.3 Å². The third kappa shape index (κ3) is 1.42. The molecule has 6 rings (SSSR count). The van der Waals surface area contributed by atoms with Gasteiger partial charge in [-0.25, -0.2) is 4.90 Å². The Labute approximate surface area is 130 Å². The Balaban J connectivity index is 1.59. The van der Waals surface area contributed by atoms with Crippen LogP contribution in [0.2, 0.25) is 0 Å². The largest absolute Gasteiger partial charge is 0.274 e. The molecule has 5 aliphatic rings. The van der Waals surface area contributed by atoms with Crippen LogP contribution in [0, 0.1) is 35.5 Å². The van der Waals surface area contributed by atoms with Crippen molar-refractivity contribution in [1.29, 1.82) is 0 Å². The summed E-state index contributed by atoms with van der Waals surface area (Å²) >= 11 is 0. The lowest BCUT2D eigenvalue weighted by Gasteiger charge is -2.42. The van der Waals surface area contributed by atoms with Crippen LogP contribution >= 0.6 is 0 Å². The summed E-state index contributed by atoms with van der Waals surface area (Å²) < 4.78 is 0. The highest BCUT2D eigenvalue weighted by Gasteiger charge is 2.68. The number of benzene rings is 1. The van der Waals surface area contributed by atoms with Crippen LogP contribution in [0.1, 0.15) is 31.7 Å². The van der Waals surface area contributed by atoms with Crippen LogP contribution in [-0.4, -0.2) is 11.8 Å². The molecule has 1 heterocycles. The zero-order valence-electron chi connectivity index (χ0n) is 12.9. The van der Waals surface area contributed by atoms with Crippen LogP contribution in [0.25, 0.3) is 0 Å². The number of carbonyl (C=O) groups excluding carboxylic acids is 2. The third-order valence-electron chi connectivity index (χ3n) is 6.76. The van der Waals surface area contributed by atoms with E-state index in [-0.39, 0.29) is 23.7 Å². The number of fused-ring (bicyclic) bond motifs is 1. The van der Waals surface area contributed by atoms with Gasteiger partial charge in [-0.15, -0.1) is 0 Å². The molecule has 3 nitrogen and oxygen atoms in total. The number of para-hydroxylation sites is 1. The second-order valence-electron chi connectivity index (χ2n) is 7.51. The summed E-state index contributed by atoms with van der Waals surface area (Å²) in [5.74, 6) is 2.62. The van der Waals surface area contributed by atoms with E-state index in [4.69, 9.17) is 0 Å². The molecule has 6 atom stereocenters. The van der Waals surface area contributed by atoms with Crippen molar-refractivity contribution in [3.05, 3.63) is 29.8 Å². The van der Waals surface area contributed by atoms with Gasteiger partial charge in [0.2, 0.25) is 11.8 Å². The third-order valence-corrected chi connectivity index (χ3v) is 6.76. The molecule has 4 aliphatic carbocycles. The number of imide groups is 1. The smallest absolute Gasteiger partial charge is 0.237 e. The van der Waals surface area contributed by atoms with Gasteiger partial charge in [-0.3, -0.25) is 9.59 Å². The summed E-state index contributed by atoms with van der Waals surface area (Å²) in [5, 5.41) is 0. The summed E-state index contributed by atoms with van der Waals surface area (Å²) in [4.78, 5) is 27.7. The van der Waals surface area contributed by atoms with Gasteiger partial charge in [-0.2, -0.15) is 0 Å². The maximum Gasteiger partial charge on any atom is 0.237 e. The van der Waals surface area contributed by atoms with Gasteiger partial charge >= 0.3 is 0 Å². The molecule has 22 heavy (non-hydrogen) atoms. The average Bonchev–Trinajstić information content (AvgIpc) is 3.32. The maximum atomic E-state index is 13.1. The number of carbonyl (C=O) groups is 2. The van der Waals surface area contributed by atoms with Crippen molar-refractivity contribution in [1.82, 2.24) is 0 Å². The lowest BCUT2D eigenvalue weighted by molar-refractivity contribution is -0.129. The molecule has 0 aromatic heterocycles. The summed E-state index contributed by atoms with van der Waals surface area (Å²) in [6.45, 7) is 2.08. The summed E-state index contributed by atoms with van der Waals surface area (Å²) in [6.07, 6.45) is 4.44. The number of hydrogen-bond donors (Lipinski definition) is 0. The standard InChI is InChI=1S/C19H21NO2/c1-2-10-5-3-4-6-15(10)20-18(21)16-11-7-8-12(14-9-13(11)14)17(16)19(20)22/h3-6,11-14,16-17H,2,7-9H2,1H3/t11-,12+,13-,14+,16-,17+. The second kappa shape index (κ2) is 4.21. The topological polar surface area (TPSA) is 37.4 Å². The summed E-state index contributed by atoms with van der Waals surface area (Å²) in [7, 11) is 0. The SMILES string of the molecule is CCc1ccccc1N1C(=O)[C@@H]2[C@@H]3CC[C@@H]([C@@H]4C[C@@H]43)[C@@H]2C1=O. The highest BCUT2D eigenvalue weighted by molar-refractivity contribution is 6.22. The van der Waals surface area contributed by atoms with Crippen LogP contribution < -0.4 is 4.90 Å². The van der Waals surface area contributed by atoms with Gasteiger partial charge in [0.05, 0.1) is 17.5 Å². The molecule has 0 spiro atoms. The normalized spacial score (nSPS) is 41.6. The fourth-order valence-electron chi connectivity index (χ4n) is 5.80. The first-order valence-corrected chi connectivity index (χ1v) is 8.68. The lowest BCUT2D eigenvalue weighted by Crippen LogP contribution is -2.43. The molecule has 3 heteroatoms. The Kier molecular flexibility index (Phi) is 2.46. The summed E-state index contributed by atoms with van der Waals surface area (Å²) in [6, 6.07) is 7.89. The Bertz CT molecular complexity index is 648. The molecule has 5 fully saturated rings. The fraction of sp³-hybridized carbons (Fsp3) is 0.579. The highest BCUT2D eigenvalue weighted by atomic mass is 16.2. The van der Waals surface area contributed by atoms with E-state index < -0.39 is 0 Å². The molecule has 1 aromatic rings. The van der Waals surface area contributed by atoms with Crippen LogP contribution in [0.5, 0.6) is 0 Å². The molecule has 1 saturated heterocycles. The number of anilines is 1. The Morgan fingerprint density at radius 3 is 2.14 bits per heavy atom. The van der Waals surface area contributed by atoms with Crippen molar-refractivity contribution in [2.45, 2.75) is 32.6 Å². The van der Waals surface area contributed by atoms with Crippen molar-refractivity contribution < 1.29 is 9.59 Å². The van der Waals surface area contributed by atoms with E-state index in [1.54, 1.807) is 4.90 Å². The van der Waals surface area contributed by atoms with Gasteiger partial charge in [0, 0.05) is 0 Å². The number of hydrogen-bond acceptors (Lipinski definition) is 2. The predicted octanol–water partition coefficient (Wildman–Crippen LogP) is 3.03. The Hall–Kier alpha value is -1.64. The van der Waals surface area contributed by atoms with E-state index in [1.807, 2.05) is 24.3 Å². The first kappa shape index (κ1) is 12.9. The molecule has 2 bridgehead atoms. The van der Waals surface area contributed by atoms with E-state index in [1.165, 1.54) is 6.42 Å². The molecular formula is C19H21NO2. The van der Waals surface area contributed by atoms with E-state index >= 15 is 0 Å². The monoisotopic (exact) mass is 295 g/mol. The molecule has 1 aromatic carbocycles. The molecule has 4 saturated carbocycles. The molecule has 0 radical (unpaired) electrons. The van der Waals surface area contributed by atoms with Crippen LogP contribution in [-0.2, 0) is 16.0 Å². The minimum Gasteiger partial charge on any atom is -0.274 e. The van der Waals surface area contributed by atoms with Gasteiger partial charge in [-0.05, 0) is 61.0 Å². The molecule has 114 valence electrons. The number of nitrogens with zero attached hydrogens (tertiary/aromatic N) is 1. The second-order valence-corrected chi connectivity index (χ2v) is 7.51. The highest BCUT2D eigenvalue weighted by Crippen LogP contribution is 2.68. The first-order chi connectivity index (χ1) is 10.7. The molecular weight excluding hydrogens is 274 g/mol. The molecule has 0 N–H and O–H groups in total. The van der Waals surface area contributed by atoms with Gasteiger partial charge in [0.25, 0.3) is 0 Å². The predicted molar refractivity (Wildman–Crippen MR) is 83.1 cm³/mol. The zero-order chi connectivity index (χ0) is 15.0. The number of aryl methyl sites for hydroxylation is 1. The summed E-state index contributed by atoms with van der Waals surface area (Å²) in [5.41, 5.74) is 1.93. The van der Waals surface area contributed by atoms with E-state index in [0.717, 1.165) is 42.3 Å². The van der Waals surface area contributed by atoms with Crippen molar-refractivity contribution in [3.63, 3.8) is 0 Å². The number of amides is 2. The van der Waals surface area contributed by atoms with Crippen molar-refractivity contribution in [2.75, 3.05) is 4.90 Å². The van der Waals surface area contributed by atoms with Crippen LogP contribution in [0.4, 0.5) is 5.69 Å². The van der Waals surface area contributed by atoms with Crippen LogP contribution in [0.3, 0.4) is 0 Å². The minimum absolute atomic E-state index is 0.0140. The van der Waals surface area contributed by atoms with Gasteiger partial charge in [-0.1, -0.05) is 25.1 Å². The molecule has 2 amide bonds. The van der Waals surface area contributed by atoms with E-state index in [0.29, 0.717) is 11.8 Å². The number of rotatable bonds is 2. The lowest BCUT2D eigenvalue weighted by atomic mass is 9.59.